The third-order valence-corrected chi connectivity index (χ3v) is 3.34. The second-order valence-electron chi connectivity index (χ2n) is 4.90. The minimum absolute atomic E-state index is 0.543. The van der Waals surface area contributed by atoms with E-state index in [0.717, 1.165) is 24.3 Å². The SMILES string of the molecule is CCn1ccc(CNc2ccccc2-c2nc(C)no2)c1. The van der Waals surface area contributed by atoms with Crippen LogP contribution in [0.15, 0.2) is 47.2 Å². The maximum Gasteiger partial charge on any atom is 0.260 e. The molecular formula is C16H18N4O. The van der Waals surface area contributed by atoms with Crippen LogP contribution in [0.4, 0.5) is 5.69 Å². The first-order chi connectivity index (χ1) is 10.3. The van der Waals surface area contributed by atoms with E-state index in [1.165, 1.54) is 5.56 Å². The number of nitrogens with one attached hydrogen (secondary N) is 1. The number of rotatable bonds is 5. The highest BCUT2D eigenvalue weighted by Crippen LogP contribution is 2.26. The van der Waals surface area contributed by atoms with Crippen molar-refractivity contribution in [3.05, 3.63) is 54.1 Å². The highest BCUT2D eigenvalue weighted by atomic mass is 16.5. The van der Waals surface area contributed by atoms with Crippen LogP contribution in [0.25, 0.3) is 11.5 Å². The minimum Gasteiger partial charge on any atom is -0.380 e. The van der Waals surface area contributed by atoms with Gasteiger partial charge in [-0.25, -0.2) is 0 Å². The number of aromatic nitrogens is 3. The molecule has 5 nitrogen and oxygen atoms in total. The number of hydrogen-bond acceptors (Lipinski definition) is 4. The summed E-state index contributed by atoms with van der Waals surface area (Å²) >= 11 is 0. The van der Waals surface area contributed by atoms with Crippen molar-refractivity contribution in [2.75, 3.05) is 5.32 Å². The average Bonchev–Trinajstić information content (AvgIpc) is 3.14. The zero-order valence-corrected chi connectivity index (χ0v) is 12.2. The molecule has 0 aliphatic heterocycles. The van der Waals surface area contributed by atoms with Gasteiger partial charge < -0.3 is 14.4 Å². The first kappa shape index (κ1) is 13.4. The summed E-state index contributed by atoms with van der Waals surface area (Å²) in [6, 6.07) is 10.1. The number of hydrogen-bond donors (Lipinski definition) is 1. The van der Waals surface area contributed by atoms with Gasteiger partial charge in [-0.2, -0.15) is 4.98 Å². The molecule has 0 spiro atoms. The second kappa shape index (κ2) is 5.83. The summed E-state index contributed by atoms with van der Waals surface area (Å²) < 4.78 is 7.42. The molecule has 0 atom stereocenters. The second-order valence-corrected chi connectivity index (χ2v) is 4.90. The van der Waals surface area contributed by atoms with Gasteiger partial charge in [-0.15, -0.1) is 0 Å². The smallest absolute Gasteiger partial charge is 0.260 e. The van der Waals surface area contributed by atoms with Gasteiger partial charge in [-0.3, -0.25) is 0 Å². The van der Waals surface area contributed by atoms with Gasteiger partial charge in [-0.05, 0) is 37.6 Å². The molecule has 5 heteroatoms. The van der Waals surface area contributed by atoms with Crippen LogP contribution >= 0.6 is 0 Å². The predicted molar refractivity (Wildman–Crippen MR) is 81.9 cm³/mol. The molecule has 0 saturated carbocycles. The van der Waals surface area contributed by atoms with E-state index in [0.29, 0.717) is 11.7 Å². The number of benzene rings is 1. The standard InChI is InChI=1S/C16H18N4O/c1-3-20-9-8-13(11-20)10-17-15-7-5-4-6-14(15)16-18-12(2)19-21-16/h4-9,11,17H,3,10H2,1-2H3. The molecule has 0 amide bonds. The Kier molecular flexibility index (Phi) is 3.73. The van der Waals surface area contributed by atoms with Crippen LogP contribution in [0.1, 0.15) is 18.3 Å². The van der Waals surface area contributed by atoms with E-state index in [-0.39, 0.29) is 0 Å². The van der Waals surface area contributed by atoms with Crippen LogP contribution in [-0.2, 0) is 13.1 Å². The number of aryl methyl sites for hydroxylation is 2. The van der Waals surface area contributed by atoms with E-state index < -0.39 is 0 Å². The van der Waals surface area contributed by atoms with Gasteiger partial charge in [0, 0.05) is 31.2 Å². The lowest BCUT2D eigenvalue weighted by Crippen LogP contribution is -2.00. The predicted octanol–water partition coefficient (Wildman–Crippen LogP) is 3.48. The highest BCUT2D eigenvalue weighted by Gasteiger charge is 2.10. The first-order valence-electron chi connectivity index (χ1n) is 7.04. The molecule has 0 bridgehead atoms. The third-order valence-electron chi connectivity index (χ3n) is 3.34. The Morgan fingerprint density at radius 3 is 2.81 bits per heavy atom. The van der Waals surface area contributed by atoms with Crippen LogP contribution in [0.2, 0.25) is 0 Å². The van der Waals surface area contributed by atoms with Crippen molar-refractivity contribution in [1.29, 1.82) is 0 Å². The molecule has 3 aromatic rings. The quantitative estimate of drug-likeness (QED) is 0.778. The minimum atomic E-state index is 0.543. The van der Waals surface area contributed by atoms with Crippen LogP contribution in [0, 0.1) is 6.92 Å². The van der Waals surface area contributed by atoms with E-state index >= 15 is 0 Å². The summed E-state index contributed by atoms with van der Waals surface area (Å²) in [5.41, 5.74) is 3.16. The fraction of sp³-hybridized carbons (Fsp3) is 0.250. The van der Waals surface area contributed by atoms with Gasteiger partial charge in [-0.1, -0.05) is 17.3 Å². The molecule has 0 saturated heterocycles. The van der Waals surface area contributed by atoms with Crippen LogP contribution in [0.3, 0.4) is 0 Å². The number of nitrogens with zero attached hydrogens (tertiary/aromatic N) is 3. The lowest BCUT2D eigenvalue weighted by molar-refractivity contribution is 0.426. The number of para-hydroxylation sites is 1. The van der Waals surface area contributed by atoms with Crippen molar-refractivity contribution in [2.45, 2.75) is 26.9 Å². The van der Waals surface area contributed by atoms with Gasteiger partial charge in [0.1, 0.15) is 0 Å². The Labute approximate surface area is 123 Å². The Morgan fingerprint density at radius 1 is 1.24 bits per heavy atom. The lowest BCUT2D eigenvalue weighted by atomic mass is 10.1. The molecule has 1 N–H and O–H groups in total. The van der Waals surface area contributed by atoms with Crippen LogP contribution in [0.5, 0.6) is 0 Å². The molecule has 0 aliphatic carbocycles. The molecule has 2 aromatic heterocycles. The Hall–Kier alpha value is -2.56. The summed E-state index contributed by atoms with van der Waals surface area (Å²) in [4.78, 5) is 4.29. The molecule has 0 radical (unpaired) electrons. The normalized spacial score (nSPS) is 10.8. The topological polar surface area (TPSA) is 55.9 Å². The number of anilines is 1. The summed E-state index contributed by atoms with van der Waals surface area (Å²) in [5.74, 6) is 1.18. The van der Waals surface area contributed by atoms with E-state index in [2.05, 4.69) is 45.4 Å². The molecule has 0 unspecified atom stereocenters. The van der Waals surface area contributed by atoms with E-state index in [1.807, 2.05) is 31.2 Å². The van der Waals surface area contributed by atoms with Crippen molar-refractivity contribution in [2.24, 2.45) is 0 Å². The van der Waals surface area contributed by atoms with Crippen molar-refractivity contribution >= 4 is 5.69 Å². The van der Waals surface area contributed by atoms with Gasteiger partial charge in [0.05, 0.1) is 5.56 Å². The van der Waals surface area contributed by atoms with Gasteiger partial charge >= 0.3 is 0 Å². The van der Waals surface area contributed by atoms with Crippen molar-refractivity contribution in [3.63, 3.8) is 0 Å². The maximum absolute atomic E-state index is 5.26. The fourth-order valence-electron chi connectivity index (χ4n) is 2.22. The molecule has 2 heterocycles. The Morgan fingerprint density at radius 2 is 2.10 bits per heavy atom. The summed E-state index contributed by atoms with van der Waals surface area (Å²) in [7, 11) is 0. The van der Waals surface area contributed by atoms with Crippen molar-refractivity contribution < 1.29 is 4.52 Å². The first-order valence-corrected chi connectivity index (χ1v) is 7.04. The molecule has 21 heavy (non-hydrogen) atoms. The van der Waals surface area contributed by atoms with Gasteiger partial charge in [0.2, 0.25) is 0 Å². The molecule has 0 aliphatic rings. The lowest BCUT2D eigenvalue weighted by Gasteiger charge is -2.08. The zero-order chi connectivity index (χ0) is 14.7. The highest BCUT2D eigenvalue weighted by molar-refractivity contribution is 5.72. The van der Waals surface area contributed by atoms with E-state index in [9.17, 15) is 0 Å². The molecule has 3 rings (SSSR count). The maximum atomic E-state index is 5.26. The van der Waals surface area contributed by atoms with Crippen molar-refractivity contribution in [1.82, 2.24) is 14.7 Å². The molecular weight excluding hydrogens is 264 g/mol. The van der Waals surface area contributed by atoms with Crippen LogP contribution in [-0.4, -0.2) is 14.7 Å². The monoisotopic (exact) mass is 282 g/mol. The summed E-state index contributed by atoms with van der Waals surface area (Å²) in [6.07, 6.45) is 4.23. The molecule has 1 aromatic carbocycles. The Bertz CT molecular complexity index is 729. The van der Waals surface area contributed by atoms with Gasteiger partial charge in [0.25, 0.3) is 5.89 Å². The summed E-state index contributed by atoms with van der Waals surface area (Å²) in [6.45, 7) is 5.69. The Balaban J connectivity index is 1.79. The van der Waals surface area contributed by atoms with E-state index in [4.69, 9.17) is 4.52 Å². The van der Waals surface area contributed by atoms with Crippen molar-refractivity contribution in [3.8, 4) is 11.5 Å². The van der Waals surface area contributed by atoms with E-state index in [1.54, 1.807) is 0 Å². The van der Waals surface area contributed by atoms with Crippen LogP contribution < -0.4 is 5.32 Å². The molecule has 0 fully saturated rings. The fourth-order valence-corrected chi connectivity index (χ4v) is 2.22. The van der Waals surface area contributed by atoms with Gasteiger partial charge in [0.15, 0.2) is 5.82 Å². The summed E-state index contributed by atoms with van der Waals surface area (Å²) in [5, 5.41) is 7.28. The average molecular weight is 282 g/mol. The third kappa shape index (κ3) is 2.97. The molecule has 108 valence electrons. The largest absolute Gasteiger partial charge is 0.380 e. The zero-order valence-electron chi connectivity index (χ0n) is 12.2.